The largest absolute Gasteiger partial charge is 0.474 e. The monoisotopic (exact) mass is 366 g/mol. The molecule has 2 aromatic rings. The normalized spacial score (nSPS) is 22.0. The lowest BCUT2D eigenvalue weighted by Gasteiger charge is -2.28. The number of benzene rings is 2. The summed E-state index contributed by atoms with van der Waals surface area (Å²) in [5, 5.41) is 12.4. The maximum absolute atomic E-state index is 12.4. The maximum Gasteiger partial charge on any atom is 0.351 e. The Labute approximate surface area is 149 Å². The molecule has 0 fully saturated rings. The van der Waals surface area contributed by atoms with Gasteiger partial charge in [0.05, 0.1) is 6.61 Å². The Hall–Kier alpha value is -1.75. The summed E-state index contributed by atoms with van der Waals surface area (Å²) in [6.07, 6.45) is -1.23. The topological polar surface area (TPSA) is 55.8 Å². The predicted octanol–water partition coefficient (Wildman–Crippen LogP) is 3.86. The van der Waals surface area contributed by atoms with Gasteiger partial charge in [-0.1, -0.05) is 35.3 Å². The summed E-state index contributed by atoms with van der Waals surface area (Å²) >= 11 is 12.3. The minimum atomic E-state index is -1.73. The van der Waals surface area contributed by atoms with E-state index in [4.69, 9.17) is 32.7 Å². The summed E-state index contributed by atoms with van der Waals surface area (Å²) < 4.78 is 10.8. The van der Waals surface area contributed by atoms with Crippen LogP contribution in [0.5, 0.6) is 5.75 Å². The minimum absolute atomic E-state index is 0.181. The van der Waals surface area contributed by atoms with Crippen LogP contribution in [0, 0.1) is 6.92 Å². The molecule has 2 aromatic carbocycles. The van der Waals surface area contributed by atoms with Crippen molar-refractivity contribution >= 4 is 29.2 Å². The molecule has 0 aromatic heterocycles. The number of aliphatic hydroxyl groups is 1. The zero-order valence-corrected chi connectivity index (χ0v) is 14.7. The fourth-order valence-corrected chi connectivity index (χ4v) is 3.23. The van der Waals surface area contributed by atoms with Crippen LogP contribution in [0.1, 0.15) is 23.6 Å². The van der Waals surface area contributed by atoms with E-state index < -0.39 is 17.7 Å². The van der Waals surface area contributed by atoms with Gasteiger partial charge in [0.15, 0.2) is 5.60 Å². The van der Waals surface area contributed by atoms with Crippen molar-refractivity contribution in [2.75, 3.05) is 6.61 Å². The Morgan fingerprint density at radius 2 is 2.08 bits per heavy atom. The third-order valence-electron chi connectivity index (χ3n) is 4.06. The molecular formula is C18H16Cl2O4. The Kier molecular flexibility index (Phi) is 4.47. The summed E-state index contributed by atoms with van der Waals surface area (Å²) in [7, 11) is 0. The smallest absolute Gasteiger partial charge is 0.351 e. The molecule has 0 saturated heterocycles. The lowest BCUT2D eigenvalue weighted by molar-refractivity contribution is -0.159. The lowest BCUT2D eigenvalue weighted by atomic mass is 9.83. The van der Waals surface area contributed by atoms with Gasteiger partial charge in [0, 0.05) is 15.6 Å². The van der Waals surface area contributed by atoms with E-state index in [2.05, 4.69) is 0 Å². The fraction of sp³-hybridized carbons (Fsp3) is 0.278. The van der Waals surface area contributed by atoms with Crippen molar-refractivity contribution in [1.29, 1.82) is 0 Å². The first-order valence-electron chi connectivity index (χ1n) is 7.50. The molecule has 0 spiro atoms. The van der Waals surface area contributed by atoms with Crippen LogP contribution in [0.15, 0.2) is 36.4 Å². The first-order chi connectivity index (χ1) is 11.4. The molecule has 3 rings (SSSR count). The average Bonchev–Trinajstić information content (AvgIpc) is 2.82. The molecule has 0 radical (unpaired) electrons. The predicted molar refractivity (Wildman–Crippen MR) is 91.7 cm³/mol. The highest BCUT2D eigenvalue weighted by molar-refractivity contribution is 6.31. The Balaban J connectivity index is 2.21. The van der Waals surface area contributed by atoms with E-state index in [9.17, 15) is 9.90 Å². The van der Waals surface area contributed by atoms with Crippen LogP contribution in [0.25, 0.3) is 0 Å². The summed E-state index contributed by atoms with van der Waals surface area (Å²) in [5.41, 5.74) is -0.0948. The molecule has 0 bridgehead atoms. The number of esters is 1. The molecule has 0 amide bonds. The summed E-state index contributed by atoms with van der Waals surface area (Å²) in [5.74, 6) is -0.248. The molecule has 6 heteroatoms. The molecular weight excluding hydrogens is 351 g/mol. The molecule has 1 aliphatic rings. The molecule has 0 unspecified atom stereocenters. The maximum atomic E-state index is 12.4. The van der Waals surface area contributed by atoms with Crippen LogP contribution in [-0.2, 0) is 15.1 Å². The van der Waals surface area contributed by atoms with Crippen molar-refractivity contribution in [3.63, 3.8) is 0 Å². The quantitative estimate of drug-likeness (QED) is 0.837. The second-order valence-electron chi connectivity index (χ2n) is 5.62. The molecule has 1 heterocycles. The van der Waals surface area contributed by atoms with Gasteiger partial charge in [-0.05, 0) is 49.2 Å². The van der Waals surface area contributed by atoms with Gasteiger partial charge in [0.1, 0.15) is 5.75 Å². The molecule has 4 nitrogen and oxygen atoms in total. The molecule has 1 aliphatic heterocycles. The van der Waals surface area contributed by atoms with Gasteiger partial charge >= 0.3 is 5.97 Å². The zero-order valence-electron chi connectivity index (χ0n) is 13.2. The van der Waals surface area contributed by atoms with E-state index in [1.54, 1.807) is 43.3 Å². The van der Waals surface area contributed by atoms with Crippen LogP contribution in [-0.4, -0.2) is 23.8 Å². The van der Waals surface area contributed by atoms with Gasteiger partial charge in [0.2, 0.25) is 6.10 Å². The Morgan fingerprint density at radius 1 is 1.33 bits per heavy atom. The Bertz CT molecular complexity index is 806. The molecule has 24 heavy (non-hydrogen) atoms. The number of hydrogen-bond acceptors (Lipinski definition) is 4. The van der Waals surface area contributed by atoms with Crippen molar-refractivity contribution < 1.29 is 19.4 Å². The first-order valence-corrected chi connectivity index (χ1v) is 8.25. The van der Waals surface area contributed by atoms with Gasteiger partial charge in [-0.25, -0.2) is 4.79 Å². The zero-order chi connectivity index (χ0) is 17.5. The van der Waals surface area contributed by atoms with Gasteiger partial charge in [0.25, 0.3) is 0 Å². The second-order valence-corrected chi connectivity index (χ2v) is 6.47. The van der Waals surface area contributed by atoms with Gasteiger partial charge < -0.3 is 14.6 Å². The molecule has 126 valence electrons. The van der Waals surface area contributed by atoms with Gasteiger partial charge in [-0.15, -0.1) is 0 Å². The van der Waals surface area contributed by atoms with Crippen molar-refractivity contribution in [1.82, 2.24) is 0 Å². The summed E-state index contributed by atoms with van der Waals surface area (Å²) in [6.45, 7) is 3.70. The third kappa shape index (κ3) is 2.65. The highest BCUT2D eigenvalue weighted by atomic mass is 35.5. The van der Waals surface area contributed by atoms with Crippen molar-refractivity contribution in [2.24, 2.45) is 0 Å². The Morgan fingerprint density at radius 3 is 2.75 bits per heavy atom. The number of rotatable bonds is 3. The van der Waals surface area contributed by atoms with E-state index in [0.29, 0.717) is 26.9 Å². The number of ether oxygens (including phenoxy) is 2. The molecule has 0 saturated carbocycles. The standard InChI is InChI=1S/C18H16Cl2O4/c1-3-23-17(21)16-18(22,11-5-4-6-12(19)8-11)13-9-14(20)10(2)7-15(13)24-16/h4-9,16,22H,3H2,1-2H3/t16-,18-/m0/s1. The molecule has 1 N–H and O–H groups in total. The van der Waals surface area contributed by atoms with E-state index in [-0.39, 0.29) is 6.61 Å². The van der Waals surface area contributed by atoms with E-state index in [1.165, 1.54) is 0 Å². The highest BCUT2D eigenvalue weighted by Crippen LogP contribution is 2.48. The van der Waals surface area contributed by atoms with E-state index in [1.807, 2.05) is 6.92 Å². The van der Waals surface area contributed by atoms with E-state index in [0.717, 1.165) is 5.56 Å². The number of hydrogen-bond donors (Lipinski definition) is 1. The summed E-state index contributed by atoms with van der Waals surface area (Å²) in [6, 6.07) is 9.99. The summed E-state index contributed by atoms with van der Waals surface area (Å²) in [4.78, 5) is 12.4. The number of carbonyl (C=O) groups excluding carboxylic acids is 1. The number of fused-ring (bicyclic) bond motifs is 1. The highest BCUT2D eigenvalue weighted by Gasteiger charge is 2.54. The molecule has 2 atom stereocenters. The van der Waals surface area contributed by atoms with Crippen LogP contribution >= 0.6 is 23.2 Å². The molecule has 0 aliphatic carbocycles. The lowest BCUT2D eigenvalue weighted by Crippen LogP contribution is -2.45. The minimum Gasteiger partial charge on any atom is -0.474 e. The van der Waals surface area contributed by atoms with Gasteiger partial charge in [-0.2, -0.15) is 0 Å². The number of aryl methyl sites for hydroxylation is 1. The number of halogens is 2. The van der Waals surface area contributed by atoms with Gasteiger partial charge in [-0.3, -0.25) is 0 Å². The fourth-order valence-electron chi connectivity index (χ4n) is 2.87. The SMILES string of the molecule is CCOC(=O)[C@@H]1Oc2cc(C)c(Cl)cc2[C@@]1(O)c1cccc(Cl)c1. The van der Waals surface area contributed by atoms with Crippen molar-refractivity contribution in [3.05, 3.63) is 63.1 Å². The van der Waals surface area contributed by atoms with Crippen LogP contribution in [0.3, 0.4) is 0 Å². The number of carbonyl (C=O) groups is 1. The first kappa shape index (κ1) is 17.1. The third-order valence-corrected chi connectivity index (χ3v) is 4.70. The average molecular weight is 367 g/mol. The van der Waals surface area contributed by atoms with Crippen molar-refractivity contribution in [3.8, 4) is 5.75 Å². The van der Waals surface area contributed by atoms with Crippen LogP contribution < -0.4 is 4.74 Å². The van der Waals surface area contributed by atoms with Crippen LogP contribution in [0.4, 0.5) is 0 Å². The van der Waals surface area contributed by atoms with Crippen molar-refractivity contribution in [2.45, 2.75) is 25.6 Å². The second kappa shape index (κ2) is 6.28. The van der Waals surface area contributed by atoms with E-state index >= 15 is 0 Å². The van der Waals surface area contributed by atoms with Crippen LogP contribution in [0.2, 0.25) is 10.0 Å².